The number of ether oxygens (including phenoxy) is 1. The largest absolute Gasteiger partial charge is 0.511 e. The smallest absolute Gasteiger partial charge is 0.449 e. The lowest BCUT2D eigenvalue weighted by Crippen LogP contribution is -2.25. The quantitative estimate of drug-likeness (QED) is 0.345. The van der Waals surface area contributed by atoms with Crippen molar-refractivity contribution in [1.82, 2.24) is 4.90 Å². The fourth-order valence-corrected chi connectivity index (χ4v) is 5.01. The third-order valence-corrected chi connectivity index (χ3v) is 6.76. The Morgan fingerprint density at radius 3 is 2.81 bits per heavy atom. The zero-order valence-electron chi connectivity index (χ0n) is 16.8. The zero-order valence-corrected chi connectivity index (χ0v) is 18.4. The molecule has 2 heterocycles. The summed E-state index contributed by atoms with van der Waals surface area (Å²) in [6, 6.07) is 8.41. The van der Waals surface area contributed by atoms with E-state index in [0.29, 0.717) is 37.2 Å². The summed E-state index contributed by atoms with van der Waals surface area (Å²) in [7, 11) is 0. The van der Waals surface area contributed by atoms with Crippen LogP contribution in [0.3, 0.4) is 0 Å². The molecule has 1 N–H and O–H groups in total. The van der Waals surface area contributed by atoms with E-state index in [-0.39, 0.29) is 11.3 Å². The molecular formula is C22H22F3NO3S2. The van der Waals surface area contributed by atoms with Gasteiger partial charge in [-0.1, -0.05) is 24.3 Å². The lowest BCUT2D eigenvalue weighted by molar-refractivity contribution is -0.138. The fraction of sp³-hybridized carbons (Fsp3) is 0.318. The summed E-state index contributed by atoms with van der Waals surface area (Å²) in [4.78, 5) is 14.3. The Morgan fingerprint density at radius 1 is 1.32 bits per heavy atom. The molecule has 4 nitrogen and oxygen atoms in total. The van der Waals surface area contributed by atoms with E-state index in [2.05, 4.69) is 0 Å². The fourth-order valence-electron chi connectivity index (χ4n) is 3.23. The summed E-state index contributed by atoms with van der Waals surface area (Å²) in [6.45, 7) is 2.71. The molecule has 1 aromatic carbocycles. The Hall–Kier alpha value is -2.39. The topological polar surface area (TPSA) is 49.8 Å². The summed E-state index contributed by atoms with van der Waals surface area (Å²) in [5, 5.41) is 11.8. The average Bonchev–Trinajstić information content (AvgIpc) is 3.20. The number of alkyl halides is 3. The zero-order chi connectivity index (χ0) is 22.4. The van der Waals surface area contributed by atoms with Crippen molar-refractivity contribution < 1.29 is 27.8 Å². The number of halogens is 3. The third kappa shape index (κ3) is 6.54. The number of thiophene rings is 1. The van der Waals surface area contributed by atoms with Crippen LogP contribution in [0.5, 0.6) is 0 Å². The Balaban J connectivity index is 1.66. The van der Waals surface area contributed by atoms with Gasteiger partial charge in [0.25, 0.3) is 0 Å². The monoisotopic (exact) mass is 469 g/mol. The minimum atomic E-state index is -4.36. The molecule has 0 radical (unpaired) electrons. The molecule has 31 heavy (non-hydrogen) atoms. The van der Waals surface area contributed by atoms with Crippen LogP contribution in [0, 0.1) is 6.92 Å². The van der Waals surface area contributed by atoms with Crippen molar-refractivity contribution >= 4 is 29.3 Å². The summed E-state index contributed by atoms with van der Waals surface area (Å²) in [5.41, 5.74) is 0.245. The van der Waals surface area contributed by atoms with E-state index in [9.17, 15) is 18.0 Å². The molecule has 0 saturated carbocycles. The van der Waals surface area contributed by atoms with Gasteiger partial charge in [0.1, 0.15) is 5.03 Å². The summed E-state index contributed by atoms with van der Waals surface area (Å²) in [5.74, 6) is 0.890. The van der Waals surface area contributed by atoms with E-state index in [0.717, 1.165) is 9.91 Å². The van der Waals surface area contributed by atoms with E-state index in [1.54, 1.807) is 23.5 Å². The molecule has 1 aliphatic heterocycles. The summed E-state index contributed by atoms with van der Waals surface area (Å²) in [6.07, 6.45) is -1.10. The average molecular weight is 470 g/mol. The molecule has 3 rings (SSSR count). The number of rotatable bonds is 8. The maximum absolute atomic E-state index is 13.1. The lowest BCUT2D eigenvalue weighted by Gasteiger charge is -2.29. The molecule has 0 spiro atoms. The normalized spacial score (nSPS) is 14.3. The molecule has 0 atom stereocenters. The Labute approximate surface area is 187 Å². The first-order chi connectivity index (χ1) is 14.7. The first kappa shape index (κ1) is 23.3. The Bertz CT molecular complexity index is 969. The molecule has 0 saturated heterocycles. The summed E-state index contributed by atoms with van der Waals surface area (Å²) >= 11 is 3.08. The first-order valence-electron chi connectivity index (χ1n) is 9.62. The van der Waals surface area contributed by atoms with Gasteiger partial charge in [0.05, 0.1) is 12.1 Å². The van der Waals surface area contributed by atoms with Gasteiger partial charge in [-0.15, -0.1) is 23.1 Å². The van der Waals surface area contributed by atoms with Crippen molar-refractivity contribution in [1.29, 1.82) is 0 Å². The van der Waals surface area contributed by atoms with Crippen LogP contribution in [0.4, 0.5) is 18.0 Å². The van der Waals surface area contributed by atoms with Crippen molar-refractivity contribution in [2.75, 3.05) is 12.3 Å². The molecule has 0 bridgehead atoms. The van der Waals surface area contributed by atoms with Gasteiger partial charge in [0.2, 0.25) is 0 Å². The van der Waals surface area contributed by atoms with Crippen LogP contribution in [-0.4, -0.2) is 28.5 Å². The highest BCUT2D eigenvalue weighted by Crippen LogP contribution is 2.34. The van der Waals surface area contributed by atoms with Crippen LogP contribution in [0.25, 0.3) is 0 Å². The number of hydrogen-bond acceptors (Lipinski definition) is 5. The number of allylic oxidation sites excluding steroid dienone is 1. The number of benzene rings is 1. The van der Waals surface area contributed by atoms with Gasteiger partial charge < -0.3 is 14.7 Å². The van der Waals surface area contributed by atoms with Crippen molar-refractivity contribution in [2.24, 2.45) is 0 Å². The molecule has 2 aromatic rings. The molecule has 0 amide bonds. The van der Waals surface area contributed by atoms with Gasteiger partial charge in [-0.3, -0.25) is 0 Å². The van der Waals surface area contributed by atoms with Crippen LogP contribution in [-0.2, 0) is 23.9 Å². The van der Waals surface area contributed by atoms with Gasteiger partial charge in [0, 0.05) is 11.4 Å². The number of carbonyl (C=O) groups is 1. The van der Waals surface area contributed by atoms with Gasteiger partial charge in [-0.25, -0.2) is 4.79 Å². The molecular weight excluding hydrogens is 447 g/mol. The number of hydrogen-bond donors (Lipinski definition) is 1. The van der Waals surface area contributed by atoms with Crippen molar-refractivity contribution in [3.05, 3.63) is 80.2 Å². The number of nitrogens with zero attached hydrogens (tertiary/aromatic N) is 1. The summed E-state index contributed by atoms with van der Waals surface area (Å²) < 4.78 is 44.3. The molecule has 9 heteroatoms. The first-order valence-corrected chi connectivity index (χ1v) is 11.5. The maximum atomic E-state index is 13.1. The molecule has 0 unspecified atom stereocenters. The van der Waals surface area contributed by atoms with E-state index in [4.69, 9.17) is 9.84 Å². The van der Waals surface area contributed by atoms with E-state index in [1.165, 1.54) is 30.8 Å². The van der Waals surface area contributed by atoms with Crippen LogP contribution in [0.1, 0.15) is 28.0 Å². The third-order valence-electron chi connectivity index (χ3n) is 4.67. The number of thioether (sulfide) groups is 1. The van der Waals surface area contributed by atoms with Gasteiger partial charge >= 0.3 is 12.3 Å². The predicted molar refractivity (Wildman–Crippen MR) is 117 cm³/mol. The van der Waals surface area contributed by atoms with E-state index < -0.39 is 17.9 Å². The molecule has 166 valence electrons. The van der Waals surface area contributed by atoms with Gasteiger partial charge in [-0.2, -0.15) is 13.2 Å². The Kier molecular flexibility index (Phi) is 7.72. The van der Waals surface area contributed by atoms with Gasteiger partial charge in [0.15, 0.2) is 5.76 Å². The van der Waals surface area contributed by atoms with E-state index >= 15 is 0 Å². The number of aryl methyl sites for hydroxylation is 2. The molecule has 1 aliphatic rings. The van der Waals surface area contributed by atoms with Crippen LogP contribution in [0.15, 0.2) is 58.7 Å². The SMILES string of the molecule is Cc1ccc(CCCSC2=C(OC(=O)O)C=CCN2Cc2cccs2)cc1C(F)(F)F. The maximum Gasteiger partial charge on any atom is 0.511 e. The molecule has 0 fully saturated rings. The molecule has 1 aromatic heterocycles. The van der Waals surface area contributed by atoms with Crippen LogP contribution in [0.2, 0.25) is 0 Å². The van der Waals surface area contributed by atoms with Crippen molar-refractivity contribution in [3.63, 3.8) is 0 Å². The lowest BCUT2D eigenvalue weighted by atomic mass is 10.0. The second-order valence-corrected chi connectivity index (χ2v) is 9.11. The highest BCUT2D eigenvalue weighted by atomic mass is 32.2. The van der Waals surface area contributed by atoms with E-state index in [1.807, 2.05) is 28.5 Å². The second kappa shape index (κ2) is 10.3. The number of carboxylic acid groups (broad SMARTS) is 1. The highest BCUT2D eigenvalue weighted by molar-refractivity contribution is 8.03. The molecule has 0 aliphatic carbocycles. The van der Waals surface area contributed by atoms with Gasteiger partial charge in [-0.05, 0) is 60.2 Å². The predicted octanol–water partition coefficient (Wildman–Crippen LogP) is 6.68. The minimum Gasteiger partial charge on any atom is -0.449 e. The van der Waals surface area contributed by atoms with Crippen molar-refractivity contribution in [2.45, 2.75) is 32.5 Å². The minimum absolute atomic E-state index is 0.212. The Morgan fingerprint density at radius 2 is 2.13 bits per heavy atom. The van der Waals surface area contributed by atoms with Crippen LogP contribution < -0.4 is 0 Å². The standard InChI is InChI=1S/C22H22F3NO3S2/c1-15-8-9-16(13-18(15)22(23,24)25)5-3-12-31-20-19(29-21(27)28)7-2-10-26(20)14-17-6-4-11-30-17/h2,4,6-9,11,13H,3,5,10,12,14H2,1H3,(H,27,28). The second-order valence-electron chi connectivity index (χ2n) is 7.00. The highest BCUT2D eigenvalue weighted by Gasteiger charge is 2.32. The van der Waals surface area contributed by atoms with Crippen LogP contribution >= 0.6 is 23.1 Å². The van der Waals surface area contributed by atoms with Crippen molar-refractivity contribution in [3.8, 4) is 0 Å².